The largest absolute Gasteiger partial charge is 0.454 e. The fourth-order valence-electron chi connectivity index (χ4n) is 1.32. The number of hydrogen-bond acceptors (Lipinski definition) is 4. The summed E-state index contributed by atoms with van der Waals surface area (Å²) in [6.07, 6.45) is 2.33. The Morgan fingerprint density at radius 2 is 2.11 bits per heavy atom. The molecule has 1 atom stereocenters. The Hall–Kier alpha value is -2.02. The van der Waals surface area contributed by atoms with Crippen LogP contribution in [0.3, 0.4) is 0 Å². The van der Waals surface area contributed by atoms with E-state index in [0.717, 1.165) is 10.0 Å². The number of hydrogen-bond donors (Lipinski definition) is 2. The standard InChI is InChI=1S/C11H11BrN4O2/c12-9-4-2-1-3-8(9)10-17-6-7(18-10)5-15-16-11(13)14/h1-6,10H,(H4,13,14,16). The molecule has 1 aliphatic rings. The Morgan fingerprint density at radius 3 is 2.83 bits per heavy atom. The smallest absolute Gasteiger partial charge is 0.268 e. The monoisotopic (exact) mass is 310 g/mol. The number of nitrogens with zero attached hydrogens (tertiary/aromatic N) is 2. The van der Waals surface area contributed by atoms with Crippen LogP contribution in [0.15, 0.2) is 51.0 Å². The van der Waals surface area contributed by atoms with Gasteiger partial charge in [0.25, 0.3) is 6.29 Å². The molecule has 0 bridgehead atoms. The van der Waals surface area contributed by atoms with Gasteiger partial charge in [-0.15, -0.1) is 5.10 Å². The van der Waals surface area contributed by atoms with Gasteiger partial charge in [0.15, 0.2) is 5.76 Å². The number of ether oxygens (including phenoxy) is 2. The molecule has 0 amide bonds. The normalized spacial score (nSPS) is 18.1. The first-order valence-electron chi connectivity index (χ1n) is 5.05. The Balaban J connectivity index is 2.02. The molecule has 7 heteroatoms. The van der Waals surface area contributed by atoms with Crippen LogP contribution in [0.4, 0.5) is 0 Å². The van der Waals surface area contributed by atoms with Crippen molar-refractivity contribution in [1.29, 1.82) is 0 Å². The van der Waals surface area contributed by atoms with Crippen molar-refractivity contribution < 1.29 is 9.47 Å². The second-order valence-electron chi connectivity index (χ2n) is 3.40. The highest BCUT2D eigenvalue weighted by atomic mass is 79.9. The molecule has 0 aliphatic carbocycles. The van der Waals surface area contributed by atoms with Crippen molar-refractivity contribution >= 4 is 28.1 Å². The van der Waals surface area contributed by atoms with Crippen molar-refractivity contribution in [2.45, 2.75) is 6.29 Å². The summed E-state index contributed by atoms with van der Waals surface area (Å²) < 4.78 is 11.8. The Bertz CT molecular complexity index is 524. The molecule has 0 radical (unpaired) electrons. The minimum Gasteiger partial charge on any atom is -0.454 e. The second-order valence-corrected chi connectivity index (χ2v) is 4.25. The molecule has 0 fully saturated rings. The van der Waals surface area contributed by atoms with Crippen molar-refractivity contribution in [3.8, 4) is 0 Å². The van der Waals surface area contributed by atoms with E-state index in [2.05, 4.69) is 26.1 Å². The molecule has 0 aromatic heterocycles. The Labute approximate surface area is 112 Å². The fourth-order valence-corrected chi connectivity index (χ4v) is 1.80. The fraction of sp³-hybridized carbons (Fsp3) is 0.0909. The molecule has 6 nitrogen and oxygen atoms in total. The van der Waals surface area contributed by atoms with E-state index in [4.69, 9.17) is 20.9 Å². The third kappa shape index (κ3) is 3.01. The molecule has 1 heterocycles. The molecular weight excluding hydrogens is 300 g/mol. The van der Waals surface area contributed by atoms with Gasteiger partial charge in [-0.3, -0.25) is 0 Å². The van der Waals surface area contributed by atoms with Crippen molar-refractivity contribution in [2.75, 3.05) is 0 Å². The van der Waals surface area contributed by atoms with Crippen LogP contribution in [-0.2, 0) is 9.47 Å². The molecule has 1 aromatic carbocycles. The SMILES string of the molecule is NC(N)=NN=CC1=COC(c2ccccc2Br)O1. The van der Waals surface area contributed by atoms with Crippen LogP contribution in [0.25, 0.3) is 0 Å². The summed E-state index contributed by atoms with van der Waals surface area (Å²) in [5.74, 6) is 0.328. The van der Waals surface area contributed by atoms with Crippen LogP contribution in [-0.4, -0.2) is 12.2 Å². The van der Waals surface area contributed by atoms with E-state index in [-0.39, 0.29) is 5.96 Å². The van der Waals surface area contributed by atoms with Gasteiger partial charge >= 0.3 is 0 Å². The lowest BCUT2D eigenvalue weighted by Crippen LogP contribution is -2.21. The van der Waals surface area contributed by atoms with Gasteiger partial charge in [0.05, 0.1) is 6.21 Å². The first-order chi connectivity index (χ1) is 8.66. The highest BCUT2D eigenvalue weighted by Gasteiger charge is 2.22. The molecule has 1 aliphatic heterocycles. The predicted molar refractivity (Wildman–Crippen MR) is 71.4 cm³/mol. The Kier molecular flexibility index (Phi) is 3.83. The summed E-state index contributed by atoms with van der Waals surface area (Å²) in [6.45, 7) is 0. The van der Waals surface area contributed by atoms with Crippen LogP contribution < -0.4 is 11.5 Å². The highest BCUT2D eigenvalue weighted by molar-refractivity contribution is 9.10. The minimum absolute atomic E-state index is 0.117. The summed E-state index contributed by atoms with van der Waals surface area (Å²) in [5, 5.41) is 7.09. The van der Waals surface area contributed by atoms with E-state index in [1.165, 1.54) is 12.5 Å². The quantitative estimate of drug-likeness (QED) is 0.503. The van der Waals surface area contributed by atoms with Crippen LogP contribution in [0.2, 0.25) is 0 Å². The maximum absolute atomic E-state index is 5.52. The van der Waals surface area contributed by atoms with Gasteiger partial charge in [-0.25, -0.2) is 0 Å². The second kappa shape index (κ2) is 5.54. The zero-order valence-electron chi connectivity index (χ0n) is 9.29. The zero-order chi connectivity index (χ0) is 13.0. The summed E-state index contributed by atoms with van der Waals surface area (Å²) in [5.41, 5.74) is 11.2. The predicted octanol–water partition coefficient (Wildman–Crippen LogP) is 1.60. The van der Waals surface area contributed by atoms with Crippen molar-refractivity contribution in [2.24, 2.45) is 21.7 Å². The van der Waals surface area contributed by atoms with Gasteiger partial charge in [0.2, 0.25) is 5.96 Å². The number of allylic oxidation sites excluding steroid dienone is 1. The number of guanidine groups is 1. The molecule has 2 rings (SSSR count). The molecule has 4 N–H and O–H groups in total. The van der Waals surface area contributed by atoms with Gasteiger partial charge < -0.3 is 20.9 Å². The lowest BCUT2D eigenvalue weighted by Gasteiger charge is -2.12. The van der Waals surface area contributed by atoms with Crippen LogP contribution in [0, 0.1) is 0 Å². The van der Waals surface area contributed by atoms with Gasteiger partial charge in [-0.2, -0.15) is 5.10 Å². The van der Waals surface area contributed by atoms with Crippen molar-refractivity contribution in [3.05, 3.63) is 46.3 Å². The third-order valence-electron chi connectivity index (χ3n) is 2.07. The van der Waals surface area contributed by atoms with E-state index < -0.39 is 6.29 Å². The molecule has 0 saturated heterocycles. The van der Waals surface area contributed by atoms with Gasteiger partial charge in [-0.1, -0.05) is 34.1 Å². The molecule has 1 aromatic rings. The molecular formula is C11H11BrN4O2. The van der Waals surface area contributed by atoms with Gasteiger partial charge in [-0.05, 0) is 6.07 Å². The van der Waals surface area contributed by atoms with Crippen molar-refractivity contribution in [1.82, 2.24) is 0 Å². The summed E-state index contributed by atoms with van der Waals surface area (Å²) in [4.78, 5) is 0. The Morgan fingerprint density at radius 1 is 1.33 bits per heavy atom. The molecule has 0 saturated carbocycles. The average Bonchev–Trinajstić information content (AvgIpc) is 2.78. The summed E-state index contributed by atoms with van der Waals surface area (Å²) >= 11 is 3.43. The zero-order valence-corrected chi connectivity index (χ0v) is 10.9. The average molecular weight is 311 g/mol. The lowest BCUT2D eigenvalue weighted by atomic mass is 10.2. The number of nitrogens with two attached hydrogens (primary N) is 2. The lowest BCUT2D eigenvalue weighted by molar-refractivity contribution is -0.0293. The number of halogens is 1. The van der Waals surface area contributed by atoms with E-state index in [0.29, 0.717) is 5.76 Å². The molecule has 0 spiro atoms. The summed E-state index contributed by atoms with van der Waals surface area (Å²) in [6, 6.07) is 7.63. The van der Waals surface area contributed by atoms with Crippen LogP contribution in [0.1, 0.15) is 11.9 Å². The minimum atomic E-state index is -0.499. The van der Waals surface area contributed by atoms with E-state index in [1.54, 1.807) is 0 Å². The topological polar surface area (TPSA) is 95.2 Å². The van der Waals surface area contributed by atoms with E-state index in [9.17, 15) is 0 Å². The maximum atomic E-state index is 5.52. The van der Waals surface area contributed by atoms with Gasteiger partial charge in [0.1, 0.15) is 6.26 Å². The molecule has 18 heavy (non-hydrogen) atoms. The maximum Gasteiger partial charge on any atom is 0.268 e. The molecule has 1 unspecified atom stereocenters. The van der Waals surface area contributed by atoms with Gasteiger partial charge in [0, 0.05) is 10.0 Å². The summed E-state index contributed by atoms with van der Waals surface area (Å²) in [7, 11) is 0. The number of rotatable bonds is 3. The van der Waals surface area contributed by atoms with Crippen LogP contribution in [0.5, 0.6) is 0 Å². The van der Waals surface area contributed by atoms with E-state index in [1.807, 2.05) is 24.3 Å². The van der Waals surface area contributed by atoms with E-state index >= 15 is 0 Å². The first kappa shape index (κ1) is 12.4. The van der Waals surface area contributed by atoms with Crippen molar-refractivity contribution in [3.63, 3.8) is 0 Å². The highest BCUT2D eigenvalue weighted by Crippen LogP contribution is 2.32. The van der Waals surface area contributed by atoms with Crippen LogP contribution >= 0.6 is 15.9 Å². The third-order valence-corrected chi connectivity index (χ3v) is 2.79. The first-order valence-corrected chi connectivity index (χ1v) is 5.85. The molecule has 94 valence electrons. The number of benzene rings is 1.